The molecule has 1 unspecified atom stereocenters. The van der Waals surface area contributed by atoms with E-state index in [1.54, 1.807) is 13.3 Å². The lowest BCUT2D eigenvalue weighted by atomic mass is 9.81. The number of rotatable bonds is 8. The predicted molar refractivity (Wildman–Crippen MR) is 86.2 cm³/mol. The zero-order chi connectivity index (χ0) is 16.2. The molecule has 6 nitrogen and oxygen atoms in total. The molecule has 1 aromatic heterocycles. The van der Waals surface area contributed by atoms with Gasteiger partial charge in [-0.2, -0.15) is 5.10 Å². The Bertz CT molecular complexity index is 437. The number of nitrogens with two attached hydrogens (primary N) is 1. The molecule has 1 aromatic rings. The molecule has 0 aliphatic rings. The molecule has 0 amide bonds. The Balaban J connectivity index is 3.48. The monoisotopic (exact) mass is 297 g/mol. The van der Waals surface area contributed by atoms with Gasteiger partial charge in [0.2, 0.25) is 0 Å². The van der Waals surface area contributed by atoms with Gasteiger partial charge in [0.05, 0.1) is 19.3 Å². The van der Waals surface area contributed by atoms with E-state index in [0.717, 1.165) is 24.3 Å². The minimum atomic E-state index is -0.102. The van der Waals surface area contributed by atoms with Crippen LogP contribution in [0.2, 0.25) is 0 Å². The normalized spacial score (nSPS) is 14.0. The van der Waals surface area contributed by atoms with Crippen LogP contribution in [0.15, 0.2) is 6.20 Å². The Kier molecular flexibility index (Phi) is 6.19. The second-order valence-electron chi connectivity index (χ2n) is 5.94. The summed E-state index contributed by atoms with van der Waals surface area (Å²) >= 11 is 0. The maximum Gasteiger partial charge on any atom is 0.161 e. The second-order valence-corrected chi connectivity index (χ2v) is 5.94. The molecule has 1 rings (SSSR count). The summed E-state index contributed by atoms with van der Waals surface area (Å²) in [5, 5.41) is 4.47. The highest BCUT2D eigenvalue weighted by Crippen LogP contribution is 2.39. The molecule has 0 fully saturated rings. The van der Waals surface area contributed by atoms with Crippen molar-refractivity contribution in [2.75, 3.05) is 21.2 Å². The SMILES string of the molecule is CCC(CC)(C(NN)c1c(OC)cnn1C(C)C)N(C)C. The van der Waals surface area contributed by atoms with Crippen LogP contribution in [0.25, 0.3) is 0 Å². The first-order chi connectivity index (χ1) is 9.89. The Hall–Kier alpha value is -1.11. The van der Waals surface area contributed by atoms with Gasteiger partial charge in [-0.1, -0.05) is 13.8 Å². The Morgan fingerprint density at radius 1 is 1.38 bits per heavy atom. The molecule has 0 saturated heterocycles. The molecule has 1 heterocycles. The first-order valence-electron chi connectivity index (χ1n) is 7.64. The molecule has 0 aliphatic carbocycles. The van der Waals surface area contributed by atoms with Crippen LogP contribution in [0.4, 0.5) is 0 Å². The molecule has 0 bridgehead atoms. The summed E-state index contributed by atoms with van der Waals surface area (Å²) in [6.07, 6.45) is 3.71. The van der Waals surface area contributed by atoms with Crippen molar-refractivity contribution in [1.82, 2.24) is 20.1 Å². The number of methoxy groups -OCH3 is 1. The van der Waals surface area contributed by atoms with Gasteiger partial charge in [0.1, 0.15) is 5.69 Å². The summed E-state index contributed by atoms with van der Waals surface area (Å²) in [6, 6.07) is 0.177. The van der Waals surface area contributed by atoms with Crippen molar-refractivity contribution in [1.29, 1.82) is 0 Å². The van der Waals surface area contributed by atoms with E-state index in [9.17, 15) is 0 Å². The van der Waals surface area contributed by atoms with Gasteiger partial charge in [0, 0.05) is 11.6 Å². The highest BCUT2D eigenvalue weighted by Gasteiger charge is 2.42. The molecular weight excluding hydrogens is 266 g/mol. The zero-order valence-electron chi connectivity index (χ0n) is 14.5. The van der Waals surface area contributed by atoms with Crippen LogP contribution in [0.1, 0.15) is 58.3 Å². The Morgan fingerprint density at radius 3 is 2.29 bits per heavy atom. The van der Waals surface area contributed by atoms with Gasteiger partial charge >= 0.3 is 0 Å². The number of nitrogens with zero attached hydrogens (tertiary/aromatic N) is 3. The quantitative estimate of drug-likeness (QED) is 0.568. The summed E-state index contributed by atoms with van der Waals surface area (Å²) < 4.78 is 7.52. The van der Waals surface area contributed by atoms with E-state index in [4.69, 9.17) is 10.6 Å². The Labute approximate surface area is 128 Å². The van der Waals surface area contributed by atoms with Crippen molar-refractivity contribution in [3.63, 3.8) is 0 Å². The van der Waals surface area contributed by atoms with Gasteiger partial charge in [0.25, 0.3) is 0 Å². The molecule has 6 heteroatoms. The molecule has 1 atom stereocenters. The fourth-order valence-corrected chi connectivity index (χ4v) is 3.24. The van der Waals surface area contributed by atoms with Gasteiger partial charge in [-0.3, -0.25) is 10.5 Å². The van der Waals surface area contributed by atoms with E-state index in [0.29, 0.717) is 0 Å². The number of hydrogen-bond acceptors (Lipinski definition) is 5. The third-order valence-electron chi connectivity index (χ3n) is 4.60. The van der Waals surface area contributed by atoms with E-state index in [-0.39, 0.29) is 17.6 Å². The average Bonchev–Trinajstić information content (AvgIpc) is 2.87. The second kappa shape index (κ2) is 7.24. The third kappa shape index (κ3) is 3.07. The Morgan fingerprint density at radius 2 is 1.95 bits per heavy atom. The minimum Gasteiger partial charge on any atom is -0.493 e. The number of nitrogens with one attached hydrogen (secondary N) is 1. The van der Waals surface area contributed by atoms with E-state index >= 15 is 0 Å². The summed E-state index contributed by atoms with van der Waals surface area (Å²) in [5.41, 5.74) is 3.92. The average molecular weight is 297 g/mol. The van der Waals surface area contributed by atoms with E-state index in [1.165, 1.54) is 0 Å². The number of aromatic nitrogens is 2. The summed E-state index contributed by atoms with van der Waals surface area (Å²) in [5.74, 6) is 6.74. The van der Waals surface area contributed by atoms with Crippen LogP contribution in [-0.2, 0) is 0 Å². The minimum absolute atomic E-state index is 0.0673. The maximum atomic E-state index is 5.96. The topological polar surface area (TPSA) is 68.3 Å². The fourth-order valence-electron chi connectivity index (χ4n) is 3.24. The highest BCUT2D eigenvalue weighted by atomic mass is 16.5. The molecule has 0 radical (unpaired) electrons. The molecule has 0 aromatic carbocycles. The van der Waals surface area contributed by atoms with E-state index in [1.807, 2.05) is 4.68 Å². The van der Waals surface area contributed by atoms with Crippen LogP contribution in [0, 0.1) is 0 Å². The number of likely N-dealkylation sites (N-methyl/N-ethyl adjacent to an activating group) is 1. The van der Waals surface area contributed by atoms with Crippen molar-refractivity contribution < 1.29 is 4.74 Å². The predicted octanol–water partition coefficient (Wildman–Crippen LogP) is 2.10. The smallest absolute Gasteiger partial charge is 0.161 e. The fraction of sp³-hybridized carbons (Fsp3) is 0.800. The summed E-state index contributed by atoms with van der Waals surface area (Å²) in [7, 11) is 5.87. The molecule has 21 heavy (non-hydrogen) atoms. The van der Waals surface area contributed by atoms with Crippen LogP contribution in [0.3, 0.4) is 0 Å². The van der Waals surface area contributed by atoms with Gasteiger partial charge in [-0.05, 0) is 40.8 Å². The summed E-state index contributed by atoms with van der Waals surface area (Å²) in [4.78, 5) is 2.24. The lowest BCUT2D eigenvalue weighted by molar-refractivity contribution is 0.0820. The number of ether oxygens (including phenoxy) is 1. The van der Waals surface area contributed by atoms with Crippen molar-refractivity contribution in [2.24, 2.45) is 5.84 Å². The highest BCUT2D eigenvalue weighted by molar-refractivity contribution is 5.31. The van der Waals surface area contributed by atoms with Crippen LogP contribution >= 0.6 is 0 Å². The van der Waals surface area contributed by atoms with Crippen LogP contribution in [0.5, 0.6) is 5.75 Å². The number of hydrogen-bond donors (Lipinski definition) is 2. The van der Waals surface area contributed by atoms with Gasteiger partial charge in [0.15, 0.2) is 5.75 Å². The van der Waals surface area contributed by atoms with Crippen molar-refractivity contribution in [3.8, 4) is 5.75 Å². The largest absolute Gasteiger partial charge is 0.493 e. The molecule has 0 saturated carbocycles. The maximum absolute atomic E-state index is 5.96. The van der Waals surface area contributed by atoms with E-state index in [2.05, 4.69) is 57.2 Å². The van der Waals surface area contributed by atoms with Crippen molar-refractivity contribution in [2.45, 2.75) is 58.2 Å². The van der Waals surface area contributed by atoms with E-state index < -0.39 is 0 Å². The van der Waals surface area contributed by atoms with Gasteiger partial charge in [-0.25, -0.2) is 5.43 Å². The molecule has 122 valence electrons. The number of hydrazine groups is 1. The van der Waals surface area contributed by atoms with Gasteiger partial charge in [-0.15, -0.1) is 0 Å². The van der Waals surface area contributed by atoms with Crippen molar-refractivity contribution in [3.05, 3.63) is 11.9 Å². The standard InChI is InChI=1S/C15H31N5O/c1-8-15(9-2,19(5)6)14(18-16)13-12(21-7)10-17-20(13)11(3)4/h10-11,14,18H,8-9,16H2,1-7H3. The molecule has 3 N–H and O–H groups in total. The lowest BCUT2D eigenvalue weighted by Crippen LogP contribution is -2.55. The molecular formula is C15H31N5O. The van der Waals surface area contributed by atoms with Crippen LogP contribution < -0.4 is 16.0 Å². The van der Waals surface area contributed by atoms with Crippen LogP contribution in [-0.4, -0.2) is 41.4 Å². The third-order valence-corrected chi connectivity index (χ3v) is 4.60. The zero-order valence-corrected chi connectivity index (χ0v) is 14.5. The van der Waals surface area contributed by atoms with Crippen molar-refractivity contribution >= 4 is 0 Å². The first kappa shape index (κ1) is 17.9. The molecule has 0 aliphatic heterocycles. The lowest BCUT2D eigenvalue weighted by Gasteiger charge is -2.45. The first-order valence-corrected chi connectivity index (χ1v) is 7.64. The molecule has 0 spiro atoms. The summed E-state index contributed by atoms with van der Waals surface area (Å²) in [6.45, 7) is 8.60. The van der Waals surface area contributed by atoms with Gasteiger partial charge < -0.3 is 9.64 Å².